The van der Waals surface area contributed by atoms with E-state index in [0.29, 0.717) is 55.9 Å². The number of benzene rings is 3. The third-order valence-corrected chi connectivity index (χ3v) is 5.66. The zero-order chi connectivity index (χ0) is 24.2. The molecule has 1 aromatic heterocycles. The highest BCUT2D eigenvalue weighted by molar-refractivity contribution is 6.32. The Balaban J connectivity index is 1.80. The fourth-order valence-electron chi connectivity index (χ4n) is 3.65. The molecule has 1 N–H and O–H groups in total. The van der Waals surface area contributed by atoms with Crippen molar-refractivity contribution < 1.29 is 23.7 Å². The van der Waals surface area contributed by atoms with Gasteiger partial charge in [-0.25, -0.2) is 4.98 Å². The molecule has 4 rings (SSSR count). The number of amides is 1. The second-order valence-electron chi connectivity index (χ2n) is 7.28. The molecule has 0 saturated heterocycles. The summed E-state index contributed by atoms with van der Waals surface area (Å²) < 4.78 is 21.4. The third kappa shape index (κ3) is 4.43. The molecule has 0 aliphatic rings. The summed E-state index contributed by atoms with van der Waals surface area (Å²) in [6.45, 7) is 0. The van der Waals surface area contributed by atoms with Crippen LogP contribution in [0.3, 0.4) is 0 Å². The molecule has 174 valence electrons. The van der Waals surface area contributed by atoms with E-state index in [1.54, 1.807) is 38.5 Å². The molecule has 0 aliphatic heterocycles. The van der Waals surface area contributed by atoms with Crippen molar-refractivity contribution in [2.24, 2.45) is 0 Å². The van der Waals surface area contributed by atoms with Crippen LogP contribution in [0.1, 0.15) is 10.4 Å². The molecule has 8 heteroatoms. The monoisotopic (exact) mass is 478 g/mol. The Bertz CT molecular complexity index is 1370. The number of methoxy groups -OCH3 is 4. The number of hydrogen-bond acceptors (Lipinski definition) is 6. The van der Waals surface area contributed by atoms with Crippen molar-refractivity contribution in [3.8, 4) is 34.3 Å². The zero-order valence-electron chi connectivity index (χ0n) is 19.1. The van der Waals surface area contributed by atoms with Gasteiger partial charge in [0, 0.05) is 17.0 Å². The molecule has 0 radical (unpaired) electrons. The Labute approximate surface area is 202 Å². The van der Waals surface area contributed by atoms with Crippen molar-refractivity contribution in [1.29, 1.82) is 0 Å². The number of ether oxygens (including phenoxy) is 4. The van der Waals surface area contributed by atoms with E-state index in [0.717, 1.165) is 5.56 Å². The van der Waals surface area contributed by atoms with E-state index in [-0.39, 0.29) is 5.91 Å². The predicted molar refractivity (Wildman–Crippen MR) is 133 cm³/mol. The molecule has 0 aliphatic carbocycles. The minimum atomic E-state index is -0.333. The summed E-state index contributed by atoms with van der Waals surface area (Å²) in [5.41, 5.74) is 2.95. The van der Waals surface area contributed by atoms with Crippen molar-refractivity contribution in [1.82, 2.24) is 4.98 Å². The molecule has 0 saturated carbocycles. The van der Waals surface area contributed by atoms with Crippen LogP contribution in [0.15, 0.2) is 60.7 Å². The molecule has 7 nitrogen and oxygen atoms in total. The van der Waals surface area contributed by atoms with Crippen LogP contribution >= 0.6 is 11.6 Å². The average Bonchev–Trinajstić information content (AvgIpc) is 2.87. The number of halogens is 1. The van der Waals surface area contributed by atoms with E-state index in [2.05, 4.69) is 5.32 Å². The lowest BCUT2D eigenvalue weighted by molar-refractivity contribution is 0.102. The Morgan fingerprint density at radius 1 is 0.794 bits per heavy atom. The number of nitrogens with zero attached hydrogens (tertiary/aromatic N) is 1. The summed E-state index contributed by atoms with van der Waals surface area (Å²) in [5, 5.41) is 3.97. The molecule has 0 spiro atoms. The van der Waals surface area contributed by atoms with Gasteiger partial charge in [0.2, 0.25) is 0 Å². The Kier molecular flexibility index (Phi) is 6.75. The summed E-state index contributed by atoms with van der Waals surface area (Å²) in [5.74, 6) is 1.71. The van der Waals surface area contributed by atoms with Crippen molar-refractivity contribution in [2.75, 3.05) is 33.8 Å². The molecule has 4 aromatic rings. The van der Waals surface area contributed by atoms with Gasteiger partial charge in [0.25, 0.3) is 5.91 Å². The first-order chi connectivity index (χ1) is 16.5. The van der Waals surface area contributed by atoms with E-state index in [4.69, 9.17) is 35.5 Å². The first-order valence-electron chi connectivity index (χ1n) is 10.3. The normalized spacial score (nSPS) is 10.6. The van der Waals surface area contributed by atoms with Crippen molar-refractivity contribution in [3.63, 3.8) is 0 Å². The quantitative estimate of drug-likeness (QED) is 0.359. The van der Waals surface area contributed by atoms with Gasteiger partial charge in [0.05, 0.1) is 55.9 Å². The number of pyridine rings is 1. The zero-order valence-corrected chi connectivity index (χ0v) is 19.9. The highest BCUT2D eigenvalue weighted by Crippen LogP contribution is 2.37. The molecular formula is C26H23ClN2O5. The average molecular weight is 479 g/mol. The van der Waals surface area contributed by atoms with Crippen LogP contribution in [-0.4, -0.2) is 39.3 Å². The van der Waals surface area contributed by atoms with E-state index in [1.807, 2.05) is 36.4 Å². The molecular weight excluding hydrogens is 456 g/mol. The van der Waals surface area contributed by atoms with Crippen molar-refractivity contribution in [2.45, 2.75) is 0 Å². The molecule has 0 atom stereocenters. The number of rotatable bonds is 7. The van der Waals surface area contributed by atoms with Crippen LogP contribution in [0.2, 0.25) is 5.02 Å². The van der Waals surface area contributed by atoms with Crippen LogP contribution in [-0.2, 0) is 0 Å². The Morgan fingerprint density at radius 3 is 2.21 bits per heavy atom. The maximum atomic E-state index is 13.5. The summed E-state index contributed by atoms with van der Waals surface area (Å²) >= 11 is 6.28. The summed E-state index contributed by atoms with van der Waals surface area (Å²) in [4.78, 5) is 18.2. The molecule has 34 heavy (non-hydrogen) atoms. The molecule has 1 amide bonds. The van der Waals surface area contributed by atoms with E-state index < -0.39 is 0 Å². The highest BCUT2D eigenvalue weighted by Gasteiger charge is 2.18. The lowest BCUT2D eigenvalue weighted by Crippen LogP contribution is -2.14. The van der Waals surface area contributed by atoms with Gasteiger partial charge in [-0.1, -0.05) is 29.8 Å². The number of carbonyl (C=O) groups excluding carboxylic acids is 1. The minimum absolute atomic E-state index is 0.333. The fraction of sp³-hybridized carbons (Fsp3) is 0.154. The van der Waals surface area contributed by atoms with Crippen LogP contribution in [0.5, 0.6) is 23.0 Å². The standard InChI is InChI=1S/C26H23ClN2O5/c1-31-22-10-9-15(11-25(22)34-4)20-12-17(16-7-5-6-8-19(16)28-20)26(30)29-21-13-18(27)23(32-2)14-24(21)33-3/h5-14H,1-4H3,(H,29,30). The SMILES string of the molecule is COc1cc(OC)c(NC(=O)c2cc(-c3ccc(OC)c(OC)c3)nc3ccccc23)cc1Cl. The lowest BCUT2D eigenvalue weighted by atomic mass is 10.0. The molecule has 0 bridgehead atoms. The molecule has 0 fully saturated rings. The minimum Gasteiger partial charge on any atom is -0.495 e. The number of anilines is 1. The topological polar surface area (TPSA) is 78.9 Å². The van der Waals surface area contributed by atoms with Crippen LogP contribution in [0.4, 0.5) is 5.69 Å². The van der Waals surface area contributed by atoms with Crippen LogP contribution < -0.4 is 24.3 Å². The largest absolute Gasteiger partial charge is 0.495 e. The van der Waals surface area contributed by atoms with Crippen LogP contribution in [0.25, 0.3) is 22.2 Å². The maximum absolute atomic E-state index is 13.5. The van der Waals surface area contributed by atoms with Gasteiger partial charge in [0.15, 0.2) is 11.5 Å². The van der Waals surface area contributed by atoms with E-state index >= 15 is 0 Å². The maximum Gasteiger partial charge on any atom is 0.256 e. The van der Waals surface area contributed by atoms with Gasteiger partial charge >= 0.3 is 0 Å². The number of para-hydroxylation sites is 1. The smallest absolute Gasteiger partial charge is 0.256 e. The Hall–Kier alpha value is -3.97. The fourth-order valence-corrected chi connectivity index (χ4v) is 3.89. The van der Waals surface area contributed by atoms with Crippen molar-refractivity contribution in [3.05, 3.63) is 71.2 Å². The Morgan fingerprint density at radius 2 is 1.50 bits per heavy atom. The molecule has 0 unspecified atom stereocenters. The number of aromatic nitrogens is 1. The van der Waals surface area contributed by atoms with Gasteiger partial charge in [-0.2, -0.15) is 0 Å². The van der Waals surface area contributed by atoms with E-state index in [9.17, 15) is 4.79 Å². The first-order valence-corrected chi connectivity index (χ1v) is 10.7. The first kappa shape index (κ1) is 23.2. The van der Waals surface area contributed by atoms with Gasteiger partial charge in [0.1, 0.15) is 11.5 Å². The number of nitrogens with one attached hydrogen (secondary N) is 1. The van der Waals surface area contributed by atoms with Crippen molar-refractivity contribution >= 4 is 34.1 Å². The van der Waals surface area contributed by atoms with E-state index in [1.165, 1.54) is 14.2 Å². The number of carbonyl (C=O) groups is 1. The number of fused-ring (bicyclic) bond motifs is 1. The third-order valence-electron chi connectivity index (χ3n) is 5.36. The number of hydrogen-bond donors (Lipinski definition) is 1. The summed E-state index contributed by atoms with van der Waals surface area (Å²) in [7, 11) is 6.17. The van der Waals surface area contributed by atoms with Gasteiger partial charge in [-0.3, -0.25) is 4.79 Å². The van der Waals surface area contributed by atoms with Crippen LogP contribution in [0, 0.1) is 0 Å². The molecule has 1 heterocycles. The lowest BCUT2D eigenvalue weighted by Gasteiger charge is -2.15. The predicted octanol–water partition coefficient (Wildman–Crippen LogP) is 5.84. The second kappa shape index (κ2) is 9.89. The van der Waals surface area contributed by atoms with Gasteiger partial charge < -0.3 is 24.3 Å². The summed E-state index contributed by atoms with van der Waals surface area (Å²) in [6, 6.07) is 17.9. The summed E-state index contributed by atoms with van der Waals surface area (Å²) in [6.07, 6.45) is 0. The molecule has 3 aromatic carbocycles. The van der Waals surface area contributed by atoms with Gasteiger partial charge in [-0.15, -0.1) is 0 Å². The second-order valence-corrected chi connectivity index (χ2v) is 7.69. The van der Waals surface area contributed by atoms with Gasteiger partial charge in [-0.05, 0) is 36.4 Å². The highest BCUT2D eigenvalue weighted by atomic mass is 35.5.